The summed E-state index contributed by atoms with van der Waals surface area (Å²) in [5.74, 6) is -6.19. The van der Waals surface area contributed by atoms with E-state index in [2.05, 4.69) is 29.4 Å². The molecule has 2 aromatic rings. The van der Waals surface area contributed by atoms with Gasteiger partial charge in [-0.3, -0.25) is 9.79 Å². The van der Waals surface area contributed by atoms with Crippen LogP contribution in [0, 0.1) is 5.82 Å². The highest BCUT2D eigenvalue weighted by Crippen LogP contribution is 2.42. The van der Waals surface area contributed by atoms with Gasteiger partial charge >= 0.3 is 12.3 Å². The number of amides is 1. The maximum absolute atomic E-state index is 14.9. The Morgan fingerprint density at radius 3 is 2.66 bits per heavy atom. The number of halogens is 5. The number of nitrogens with one attached hydrogen (secondary N) is 1. The van der Waals surface area contributed by atoms with Gasteiger partial charge in [0.1, 0.15) is 44.9 Å². The van der Waals surface area contributed by atoms with Crippen molar-refractivity contribution in [1.29, 1.82) is 0 Å². The number of aliphatic imine (C=N–C) groups is 1. The van der Waals surface area contributed by atoms with Crippen LogP contribution in [0.1, 0.15) is 42.9 Å². The van der Waals surface area contributed by atoms with E-state index in [1.807, 2.05) is 0 Å². The predicted molar refractivity (Wildman–Crippen MR) is 130 cm³/mol. The number of nitrogens with two attached hydrogens (primary N) is 1. The van der Waals surface area contributed by atoms with Crippen LogP contribution in [0.25, 0.3) is 0 Å². The predicted octanol–water partition coefficient (Wildman–Crippen LogP) is 3.75. The van der Waals surface area contributed by atoms with Gasteiger partial charge in [-0.2, -0.15) is 8.78 Å². The number of alkyl halides is 4. The first-order valence-electron chi connectivity index (χ1n) is 11.5. The summed E-state index contributed by atoms with van der Waals surface area (Å²) in [6.07, 6.45) is -1.73. The molecule has 1 unspecified atom stereocenters. The summed E-state index contributed by atoms with van der Waals surface area (Å²) in [4.78, 5) is 25.1. The maximum Gasteiger partial charge on any atom is 0.340 e. The van der Waals surface area contributed by atoms with Crippen molar-refractivity contribution in [2.75, 3.05) is 24.2 Å². The number of nitrogens with zero attached hydrogens (tertiary/aromatic N) is 4. The lowest BCUT2D eigenvalue weighted by Gasteiger charge is -2.43. The topological polar surface area (TPSA) is 132 Å². The molecule has 0 saturated heterocycles. The zero-order valence-electron chi connectivity index (χ0n) is 20.4. The maximum atomic E-state index is 14.9. The van der Waals surface area contributed by atoms with E-state index >= 15 is 0 Å². The Balaban J connectivity index is 1.54. The van der Waals surface area contributed by atoms with Crippen molar-refractivity contribution in [3.63, 3.8) is 0 Å². The number of carbonyl (C=O) groups excluding carboxylic acids is 1. The number of amidine groups is 1. The lowest BCUT2D eigenvalue weighted by molar-refractivity contribution is -0.148. The highest BCUT2D eigenvalue weighted by atomic mass is 32.2. The van der Waals surface area contributed by atoms with E-state index in [9.17, 15) is 31.0 Å². The van der Waals surface area contributed by atoms with Crippen molar-refractivity contribution in [2.24, 2.45) is 15.1 Å². The van der Waals surface area contributed by atoms with Gasteiger partial charge in [0.2, 0.25) is 0 Å². The van der Waals surface area contributed by atoms with Gasteiger partial charge in [-0.15, -0.1) is 0 Å². The minimum absolute atomic E-state index is 0.0658. The average Bonchev–Trinajstić information content (AvgIpc) is 2.85. The summed E-state index contributed by atoms with van der Waals surface area (Å²) in [6, 6.07) is 4.50. The number of anilines is 1. The third-order valence-electron chi connectivity index (χ3n) is 6.52. The molecule has 206 valence electrons. The van der Waals surface area contributed by atoms with Crippen LogP contribution < -0.4 is 15.8 Å². The summed E-state index contributed by atoms with van der Waals surface area (Å²) in [5.41, 5.74) is 4.46. The number of carbonyl (C=O) groups is 1. The van der Waals surface area contributed by atoms with E-state index in [0.717, 1.165) is 24.4 Å². The lowest BCUT2D eigenvalue weighted by Crippen LogP contribution is -2.57. The number of pyridine rings is 2. The molecule has 38 heavy (non-hydrogen) atoms. The fraction of sp³-hybridized carbons (Fsp3) is 0.478. The summed E-state index contributed by atoms with van der Waals surface area (Å²) >= 11 is 0. The Bertz CT molecular complexity index is 1400. The highest BCUT2D eigenvalue weighted by molar-refractivity contribution is 7.95. The van der Waals surface area contributed by atoms with Crippen molar-refractivity contribution in [3.8, 4) is 5.75 Å². The highest BCUT2D eigenvalue weighted by Gasteiger charge is 2.52. The SMILES string of the molecule is C[C@@]1(c2nc(NC(=O)c3ccc(OCC(F)(F)C(F)F)cn3)ccc2F)CS2(=O)=NCCC[C@]2(C)C(N)=N1. The zero-order chi connectivity index (χ0) is 27.9. The number of aromatic nitrogens is 2. The van der Waals surface area contributed by atoms with Crippen LogP contribution >= 0.6 is 0 Å². The smallest absolute Gasteiger partial charge is 0.340 e. The van der Waals surface area contributed by atoms with Gasteiger partial charge in [-0.25, -0.2) is 31.7 Å². The van der Waals surface area contributed by atoms with Crippen LogP contribution in [-0.4, -0.2) is 61.9 Å². The summed E-state index contributed by atoms with van der Waals surface area (Å²) in [6.45, 7) is 2.12. The minimum atomic E-state index is -4.34. The zero-order valence-corrected chi connectivity index (χ0v) is 21.2. The Morgan fingerprint density at radius 1 is 1.26 bits per heavy atom. The van der Waals surface area contributed by atoms with Crippen molar-refractivity contribution in [1.82, 2.24) is 9.97 Å². The van der Waals surface area contributed by atoms with E-state index in [4.69, 9.17) is 5.73 Å². The van der Waals surface area contributed by atoms with Gasteiger partial charge in [0.15, 0.2) is 6.61 Å². The van der Waals surface area contributed by atoms with Crippen LogP contribution in [0.4, 0.5) is 27.8 Å². The molecule has 4 heterocycles. The van der Waals surface area contributed by atoms with Crippen LogP contribution in [0.2, 0.25) is 0 Å². The van der Waals surface area contributed by atoms with Gasteiger partial charge in [-0.1, -0.05) is 0 Å². The first kappa shape index (κ1) is 27.7. The summed E-state index contributed by atoms with van der Waals surface area (Å²) in [5, 5.41) is 2.44. The molecule has 1 amide bonds. The second kappa shape index (κ2) is 9.75. The molecule has 2 aliphatic heterocycles. The second-order valence-electron chi connectivity index (χ2n) is 9.45. The Morgan fingerprint density at radius 2 is 2.00 bits per heavy atom. The third-order valence-corrected chi connectivity index (χ3v) is 9.89. The molecule has 0 aliphatic carbocycles. The van der Waals surface area contributed by atoms with Crippen LogP contribution in [-0.2, 0) is 15.3 Å². The number of ether oxygens (including phenoxy) is 1. The van der Waals surface area contributed by atoms with Crippen molar-refractivity contribution in [3.05, 3.63) is 47.7 Å². The molecule has 15 heteroatoms. The number of hydrogen-bond donors (Lipinski definition) is 2. The van der Waals surface area contributed by atoms with Crippen LogP contribution in [0.3, 0.4) is 0 Å². The van der Waals surface area contributed by atoms with E-state index in [1.54, 1.807) is 13.8 Å². The number of rotatable bonds is 7. The van der Waals surface area contributed by atoms with Crippen LogP contribution in [0.5, 0.6) is 5.75 Å². The molecular formula is C23H25F5N6O3S. The molecular weight excluding hydrogens is 535 g/mol. The molecule has 0 aromatic carbocycles. The standard InChI is InChI=1S/C23H25F5N6O3S/c1-21(12-38(36)22(2,20(29)34-21)8-3-9-31-38)17-14(24)5-7-16(32-17)33-18(35)15-6-4-13(10-30-15)37-11-23(27,28)19(25)26/h4-7,10,19H,3,8-9,11-12H2,1-2H3,(H2,29,34)(H,32,33,35)/t21-,22+,38?/m0/s1. The van der Waals surface area contributed by atoms with E-state index in [-0.39, 0.29) is 34.5 Å². The molecule has 0 radical (unpaired) electrons. The minimum Gasteiger partial charge on any atom is -0.485 e. The molecule has 0 fully saturated rings. The lowest BCUT2D eigenvalue weighted by atomic mass is 9.96. The van der Waals surface area contributed by atoms with Crippen molar-refractivity contribution < 1.29 is 35.7 Å². The summed E-state index contributed by atoms with van der Waals surface area (Å²) in [7, 11) is -2.89. The molecule has 4 rings (SSSR count). The Kier molecular flexibility index (Phi) is 7.10. The molecule has 0 saturated carbocycles. The number of hydrogen-bond acceptors (Lipinski definition) is 8. The van der Waals surface area contributed by atoms with Crippen LogP contribution in [0.15, 0.2) is 39.8 Å². The van der Waals surface area contributed by atoms with Crippen molar-refractivity contribution >= 4 is 27.3 Å². The molecule has 0 bridgehead atoms. The summed E-state index contributed by atoms with van der Waals surface area (Å²) < 4.78 is 87.3. The molecule has 2 aliphatic rings. The van der Waals surface area contributed by atoms with E-state index in [1.165, 1.54) is 6.07 Å². The van der Waals surface area contributed by atoms with Gasteiger partial charge in [0.25, 0.3) is 5.91 Å². The normalized spacial score (nSPS) is 27.2. The monoisotopic (exact) mass is 560 g/mol. The fourth-order valence-corrected chi connectivity index (χ4v) is 7.18. The van der Waals surface area contributed by atoms with Gasteiger partial charge < -0.3 is 15.8 Å². The number of fused-ring (bicyclic) bond motifs is 1. The largest absolute Gasteiger partial charge is 0.485 e. The quantitative estimate of drug-likeness (QED) is 0.496. The third kappa shape index (κ3) is 5.02. The first-order valence-corrected chi connectivity index (χ1v) is 13.2. The first-order chi connectivity index (χ1) is 17.7. The Hall–Kier alpha value is -3.36. The molecule has 3 atom stereocenters. The Labute approximate surface area is 215 Å². The molecule has 3 N–H and O–H groups in total. The molecule has 9 nitrogen and oxygen atoms in total. The average molecular weight is 561 g/mol. The molecule has 2 aromatic heterocycles. The van der Waals surface area contributed by atoms with Gasteiger partial charge in [0, 0.05) is 6.54 Å². The van der Waals surface area contributed by atoms with E-state index < -0.39 is 50.7 Å². The van der Waals surface area contributed by atoms with Crippen molar-refractivity contribution in [2.45, 2.75) is 49.3 Å². The second-order valence-corrected chi connectivity index (χ2v) is 12.2. The fourth-order valence-electron chi connectivity index (χ4n) is 4.26. The van der Waals surface area contributed by atoms with Gasteiger partial charge in [0.05, 0.1) is 21.7 Å². The molecule has 0 spiro atoms. The van der Waals surface area contributed by atoms with Gasteiger partial charge in [-0.05, 0) is 51.0 Å². The van der Waals surface area contributed by atoms with E-state index in [0.29, 0.717) is 19.4 Å².